The average molecular weight is 412 g/mol. The second-order valence-corrected chi connectivity index (χ2v) is 7.54. The van der Waals surface area contributed by atoms with E-state index in [0.717, 1.165) is 22.2 Å². The first-order valence-electron chi connectivity index (χ1n) is 9.33. The number of hydrogen-bond acceptors (Lipinski definition) is 4. The van der Waals surface area contributed by atoms with Crippen LogP contribution in [0.4, 0.5) is 9.18 Å². The largest absolute Gasteiger partial charge is 0.354 e. The molecule has 2 aromatic rings. The first-order chi connectivity index (χ1) is 14.0. The molecular weight excluding hydrogens is 391 g/mol. The molecule has 0 bridgehead atoms. The lowest BCUT2D eigenvalue weighted by Gasteiger charge is -2.17. The second kappa shape index (κ2) is 9.52. The van der Waals surface area contributed by atoms with Crippen LogP contribution < -0.4 is 5.32 Å². The third-order valence-electron chi connectivity index (χ3n) is 4.60. The van der Waals surface area contributed by atoms with Crippen LogP contribution in [0.15, 0.2) is 59.5 Å². The van der Waals surface area contributed by atoms with Gasteiger partial charge >= 0.3 is 0 Å². The van der Waals surface area contributed by atoms with E-state index in [2.05, 4.69) is 5.32 Å². The van der Waals surface area contributed by atoms with E-state index in [-0.39, 0.29) is 40.9 Å². The summed E-state index contributed by atoms with van der Waals surface area (Å²) in [5, 5.41) is 2.43. The highest BCUT2D eigenvalue weighted by molar-refractivity contribution is 8.18. The molecule has 0 saturated carbocycles. The van der Waals surface area contributed by atoms with Gasteiger partial charge in [0, 0.05) is 13.1 Å². The Labute approximate surface area is 173 Å². The van der Waals surface area contributed by atoms with Crippen LogP contribution in [-0.4, -0.2) is 35.0 Å². The molecule has 1 aliphatic heterocycles. The SMILES string of the molecule is CC[C@@H](C(=O)NCCN1C(=O)S/C(=C\c2ccc(F)cc2)C1=O)c1ccccc1. The van der Waals surface area contributed by atoms with Crippen LogP contribution in [0, 0.1) is 5.82 Å². The number of thioether (sulfide) groups is 1. The smallest absolute Gasteiger partial charge is 0.293 e. The van der Waals surface area contributed by atoms with E-state index < -0.39 is 5.91 Å². The van der Waals surface area contributed by atoms with E-state index in [1.165, 1.54) is 24.3 Å². The molecule has 2 aromatic carbocycles. The van der Waals surface area contributed by atoms with Crippen molar-refractivity contribution in [1.82, 2.24) is 10.2 Å². The summed E-state index contributed by atoms with van der Waals surface area (Å²) in [6, 6.07) is 15.2. The Kier molecular flexibility index (Phi) is 6.82. The summed E-state index contributed by atoms with van der Waals surface area (Å²) in [6.45, 7) is 2.22. The van der Waals surface area contributed by atoms with Crippen molar-refractivity contribution in [3.8, 4) is 0 Å². The van der Waals surface area contributed by atoms with Gasteiger partial charge in [0.2, 0.25) is 5.91 Å². The molecule has 5 nitrogen and oxygen atoms in total. The lowest BCUT2D eigenvalue weighted by atomic mass is 9.96. The highest BCUT2D eigenvalue weighted by Crippen LogP contribution is 2.32. The Bertz CT molecular complexity index is 929. The lowest BCUT2D eigenvalue weighted by molar-refractivity contribution is -0.125. The van der Waals surface area contributed by atoms with Gasteiger partial charge in [-0.1, -0.05) is 49.4 Å². The van der Waals surface area contributed by atoms with Crippen molar-refractivity contribution in [2.75, 3.05) is 13.1 Å². The fourth-order valence-corrected chi connectivity index (χ4v) is 3.94. The quantitative estimate of drug-likeness (QED) is 0.693. The minimum atomic E-state index is -0.409. The molecule has 1 fully saturated rings. The summed E-state index contributed by atoms with van der Waals surface area (Å²) in [5.41, 5.74) is 1.57. The molecule has 0 aromatic heterocycles. The average Bonchev–Trinajstić information content (AvgIpc) is 2.98. The predicted molar refractivity (Wildman–Crippen MR) is 112 cm³/mol. The highest BCUT2D eigenvalue weighted by atomic mass is 32.2. The number of halogens is 1. The first-order valence-corrected chi connectivity index (χ1v) is 10.1. The lowest BCUT2D eigenvalue weighted by Crippen LogP contribution is -2.38. The van der Waals surface area contributed by atoms with E-state index in [0.29, 0.717) is 12.0 Å². The number of benzene rings is 2. The Morgan fingerprint density at radius 2 is 1.83 bits per heavy atom. The van der Waals surface area contributed by atoms with E-state index >= 15 is 0 Å². The molecule has 1 heterocycles. The van der Waals surface area contributed by atoms with Crippen molar-refractivity contribution in [1.29, 1.82) is 0 Å². The summed E-state index contributed by atoms with van der Waals surface area (Å²) in [4.78, 5) is 38.6. The molecule has 0 radical (unpaired) electrons. The molecule has 0 unspecified atom stereocenters. The minimum absolute atomic E-state index is 0.0996. The van der Waals surface area contributed by atoms with Gasteiger partial charge in [-0.3, -0.25) is 19.3 Å². The number of nitrogens with one attached hydrogen (secondary N) is 1. The van der Waals surface area contributed by atoms with Crippen molar-refractivity contribution in [2.45, 2.75) is 19.3 Å². The molecule has 1 atom stereocenters. The summed E-state index contributed by atoms with van der Waals surface area (Å²) >= 11 is 0.839. The fourth-order valence-electron chi connectivity index (χ4n) is 3.08. The van der Waals surface area contributed by atoms with Gasteiger partial charge in [-0.25, -0.2) is 4.39 Å². The monoisotopic (exact) mass is 412 g/mol. The van der Waals surface area contributed by atoms with Gasteiger partial charge < -0.3 is 5.32 Å². The van der Waals surface area contributed by atoms with Crippen LogP contribution in [0.2, 0.25) is 0 Å². The molecule has 1 aliphatic rings. The van der Waals surface area contributed by atoms with Crippen molar-refractivity contribution < 1.29 is 18.8 Å². The van der Waals surface area contributed by atoms with Crippen molar-refractivity contribution >= 4 is 34.9 Å². The van der Waals surface area contributed by atoms with Gasteiger partial charge in [-0.2, -0.15) is 0 Å². The van der Waals surface area contributed by atoms with E-state index in [4.69, 9.17) is 0 Å². The molecule has 0 aliphatic carbocycles. The highest BCUT2D eigenvalue weighted by Gasteiger charge is 2.34. The van der Waals surface area contributed by atoms with Crippen molar-refractivity contribution in [3.63, 3.8) is 0 Å². The molecule has 150 valence electrons. The van der Waals surface area contributed by atoms with Gasteiger partial charge in [0.1, 0.15) is 5.82 Å². The van der Waals surface area contributed by atoms with Crippen LogP contribution in [0.1, 0.15) is 30.4 Å². The summed E-state index contributed by atoms with van der Waals surface area (Å²) in [6.07, 6.45) is 2.21. The van der Waals surface area contributed by atoms with Gasteiger partial charge in [0.15, 0.2) is 0 Å². The molecular formula is C22H21FN2O3S. The zero-order chi connectivity index (χ0) is 20.8. The fraction of sp³-hybridized carbons (Fsp3) is 0.227. The Morgan fingerprint density at radius 1 is 1.14 bits per heavy atom. The summed E-state index contributed by atoms with van der Waals surface area (Å²) in [7, 11) is 0. The zero-order valence-electron chi connectivity index (χ0n) is 15.9. The van der Waals surface area contributed by atoms with Crippen molar-refractivity contribution in [2.24, 2.45) is 0 Å². The molecule has 1 N–H and O–H groups in total. The van der Waals surface area contributed by atoms with Crippen LogP contribution in [-0.2, 0) is 9.59 Å². The number of carbonyl (C=O) groups is 3. The normalized spacial score (nSPS) is 16.3. The summed E-state index contributed by atoms with van der Waals surface area (Å²) in [5.74, 6) is -1.18. The predicted octanol–water partition coefficient (Wildman–Crippen LogP) is 4.17. The van der Waals surface area contributed by atoms with Gasteiger partial charge in [-0.15, -0.1) is 0 Å². The molecule has 0 spiro atoms. The topological polar surface area (TPSA) is 66.5 Å². The molecule has 29 heavy (non-hydrogen) atoms. The van der Waals surface area contributed by atoms with E-state index in [1.54, 1.807) is 6.08 Å². The number of carbonyl (C=O) groups excluding carboxylic acids is 3. The van der Waals surface area contributed by atoms with E-state index in [9.17, 15) is 18.8 Å². The third kappa shape index (κ3) is 5.12. The van der Waals surface area contributed by atoms with Crippen molar-refractivity contribution in [3.05, 3.63) is 76.4 Å². The maximum atomic E-state index is 13.0. The first kappa shape index (κ1) is 20.8. The number of rotatable bonds is 7. The molecule has 7 heteroatoms. The van der Waals surface area contributed by atoms with Gasteiger partial charge in [0.25, 0.3) is 11.1 Å². The molecule has 3 amide bonds. The molecule has 3 rings (SSSR count). The molecule has 1 saturated heterocycles. The standard InChI is InChI=1S/C22H21FN2O3S/c1-2-18(16-6-4-3-5-7-16)20(26)24-12-13-25-21(27)19(29-22(25)28)14-15-8-10-17(23)11-9-15/h3-11,14,18H,2,12-13H2,1H3,(H,24,26)/b19-14-/t18-/m1/s1. The van der Waals surface area contributed by atoms with Gasteiger partial charge in [0.05, 0.1) is 10.8 Å². The zero-order valence-corrected chi connectivity index (χ0v) is 16.7. The maximum absolute atomic E-state index is 13.0. The van der Waals surface area contributed by atoms with Crippen LogP contribution in [0.5, 0.6) is 0 Å². The summed E-state index contributed by atoms with van der Waals surface area (Å²) < 4.78 is 13.0. The van der Waals surface area contributed by atoms with Crippen LogP contribution >= 0.6 is 11.8 Å². The minimum Gasteiger partial charge on any atom is -0.354 e. The van der Waals surface area contributed by atoms with Crippen LogP contribution in [0.3, 0.4) is 0 Å². The Morgan fingerprint density at radius 3 is 2.48 bits per heavy atom. The van der Waals surface area contributed by atoms with Crippen LogP contribution in [0.25, 0.3) is 6.08 Å². The second-order valence-electron chi connectivity index (χ2n) is 6.55. The van der Waals surface area contributed by atoms with Gasteiger partial charge in [-0.05, 0) is 47.5 Å². The number of hydrogen-bond donors (Lipinski definition) is 1. The Balaban J connectivity index is 1.58. The Hall–Kier alpha value is -2.93. The third-order valence-corrected chi connectivity index (χ3v) is 5.51. The maximum Gasteiger partial charge on any atom is 0.293 e. The number of amides is 3. The number of nitrogens with zero attached hydrogens (tertiary/aromatic N) is 1. The number of imide groups is 1. The van der Waals surface area contributed by atoms with E-state index in [1.807, 2.05) is 37.3 Å².